The van der Waals surface area contributed by atoms with Crippen LogP contribution in [0.25, 0.3) is 0 Å². The fourth-order valence-electron chi connectivity index (χ4n) is 2.48. The van der Waals surface area contributed by atoms with Crippen LogP contribution >= 0.6 is 0 Å². The second-order valence-corrected chi connectivity index (χ2v) is 6.44. The molecule has 0 saturated carbocycles. The molecular formula is C17H35NO6. The van der Waals surface area contributed by atoms with Crippen molar-refractivity contribution in [1.82, 2.24) is 4.90 Å². The molecule has 0 heterocycles. The SMILES string of the molecule is CCCCCCCCCC(=O)N(C)C[C@H](O)[C@@H](O)[C@H](O)[C@H](O)CO. The van der Waals surface area contributed by atoms with Crippen molar-refractivity contribution < 1.29 is 30.3 Å². The van der Waals surface area contributed by atoms with Crippen molar-refractivity contribution in [3.8, 4) is 0 Å². The summed E-state index contributed by atoms with van der Waals surface area (Å²) >= 11 is 0. The van der Waals surface area contributed by atoms with Gasteiger partial charge in [-0.25, -0.2) is 0 Å². The number of unbranched alkanes of at least 4 members (excludes halogenated alkanes) is 6. The van der Waals surface area contributed by atoms with Crippen LogP contribution in [-0.4, -0.2) is 81.0 Å². The Morgan fingerprint density at radius 1 is 0.875 bits per heavy atom. The molecule has 0 aromatic heterocycles. The lowest BCUT2D eigenvalue weighted by molar-refractivity contribution is -0.138. The van der Waals surface area contributed by atoms with Gasteiger partial charge in [0, 0.05) is 20.0 Å². The molecule has 0 saturated heterocycles. The zero-order valence-electron chi connectivity index (χ0n) is 15.0. The van der Waals surface area contributed by atoms with Gasteiger partial charge in [-0.2, -0.15) is 0 Å². The van der Waals surface area contributed by atoms with Crippen molar-refractivity contribution in [2.75, 3.05) is 20.2 Å². The first-order valence-corrected chi connectivity index (χ1v) is 8.92. The number of aliphatic hydroxyl groups is 5. The van der Waals surface area contributed by atoms with Crippen LogP contribution in [0.4, 0.5) is 0 Å². The molecule has 0 rings (SSSR count). The van der Waals surface area contributed by atoms with Gasteiger partial charge >= 0.3 is 0 Å². The van der Waals surface area contributed by atoms with Crippen LogP contribution in [0.2, 0.25) is 0 Å². The third-order valence-corrected chi connectivity index (χ3v) is 4.21. The smallest absolute Gasteiger partial charge is 0.222 e. The summed E-state index contributed by atoms with van der Waals surface area (Å²) in [6.07, 6.45) is 1.92. The van der Waals surface area contributed by atoms with Crippen LogP contribution in [0.3, 0.4) is 0 Å². The maximum atomic E-state index is 12.0. The van der Waals surface area contributed by atoms with Crippen LogP contribution in [0.1, 0.15) is 58.3 Å². The standard InChI is InChI=1S/C17H35NO6/c1-3-4-5-6-7-8-9-10-15(22)18(2)11-13(20)16(23)17(24)14(21)12-19/h13-14,16-17,19-21,23-24H,3-12H2,1-2H3/t13-,14+,16+,17+/m0/s1. The molecule has 7 heteroatoms. The highest BCUT2D eigenvalue weighted by Gasteiger charge is 2.31. The van der Waals surface area contributed by atoms with Gasteiger partial charge in [-0.05, 0) is 6.42 Å². The molecular weight excluding hydrogens is 314 g/mol. The molecule has 24 heavy (non-hydrogen) atoms. The van der Waals surface area contributed by atoms with E-state index >= 15 is 0 Å². The minimum absolute atomic E-state index is 0.132. The zero-order chi connectivity index (χ0) is 18.5. The highest BCUT2D eigenvalue weighted by molar-refractivity contribution is 5.75. The van der Waals surface area contributed by atoms with Crippen LogP contribution < -0.4 is 0 Å². The van der Waals surface area contributed by atoms with E-state index < -0.39 is 31.0 Å². The minimum atomic E-state index is -1.67. The summed E-state index contributed by atoms with van der Waals surface area (Å²) in [5.74, 6) is -0.132. The van der Waals surface area contributed by atoms with Crippen molar-refractivity contribution in [1.29, 1.82) is 0 Å². The zero-order valence-corrected chi connectivity index (χ0v) is 15.0. The maximum absolute atomic E-state index is 12.0. The van der Waals surface area contributed by atoms with Gasteiger partial charge in [0.05, 0.1) is 6.61 Å². The number of amides is 1. The van der Waals surface area contributed by atoms with Crippen LogP contribution in [0.5, 0.6) is 0 Å². The Balaban J connectivity index is 3.99. The number of rotatable bonds is 14. The first kappa shape index (κ1) is 23.3. The van der Waals surface area contributed by atoms with E-state index in [9.17, 15) is 25.2 Å². The molecule has 5 N–H and O–H groups in total. The molecule has 0 aliphatic heterocycles. The molecule has 0 aliphatic carbocycles. The van der Waals surface area contributed by atoms with Gasteiger partial charge in [-0.1, -0.05) is 45.4 Å². The predicted molar refractivity (Wildman–Crippen MR) is 91.4 cm³/mol. The van der Waals surface area contributed by atoms with Gasteiger partial charge in [0.2, 0.25) is 5.91 Å². The normalized spacial score (nSPS) is 16.5. The second-order valence-electron chi connectivity index (χ2n) is 6.44. The molecule has 0 fully saturated rings. The molecule has 7 nitrogen and oxygen atoms in total. The molecule has 0 aromatic carbocycles. The van der Waals surface area contributed by atoms with E-state index in [2.05, 4.69) is 6.92 Å². The number of carbonyl (C=O) groups excluding carboxylic acids is 1. The van der Waals surface area contributed by atoms with Crippen LogP contribution in [0, 0.1) is 0 Å². The van der Waals surface area contributed by atoms with E-state index in [1.807, 2.05) is 0 Å². The molecule has 0 unspecified atom stereocenters. The number of hydrogen-bond donors (Lipinski definition) is 5. The molecule has 4 atom stereocenters. The largest absolute Gasteiger partial charge is 0.394 e. The fraction of sp³-hybridized carbons (Fsp3) is 0.941. The van der Waals surface area contributed by atoms with Gasteiger partial charge in [0.15, 0.2) is 0 Å². The summed E-state index contributed by atoms with van der Waals surface area (Å²) in [5, 5.41) is 47.1. The van der Waals surface area contributed by atoms with Gasteiger partial charge in [0.25, 0.3) is 0 Å². The molecule has 1 amide bonds. The average molecular weight is 349 g/mol. The Morgan fingerprint density at radius 2 is 1.38 bits per heavy atom. The Hall–Kier alpha value is -0.730. The summed E-state index contributed by atoms with van der Waals surface area (Å²) < 4.78 is 0. The summed E-state index contributed by atoms with van der Waals surface area (Å²) in [6, 6.07) is 0. The highest BCUT2D eigenvalue weighted by Crippen LogP contribution is 2.10. The molecule has 0 aliphatic rings. The quantitative estimate of drug-likeness (QED) is 0.282. The van der Waals surface area contributed by atoms with E-state index in [4.69, 9.17) is 5.11 Å². The Labute approximate surface area is 144 Å². The van der Waals surface area contributed by atoms with E-state index in [1.165, 1.54) is 37.6 Å². The molecule has 144 valence electrons. The maximum Gasteiger partial charge on any atom is 0.222 e. The highest BCUT2D eigenvalue weighted by atomic mass is 16.4. The molecule has 0 aromatic rings. The lowest BCUT2D eigenvalue weighted by Gasteiger charge is -2.28. The first-order chi connectivity index (χ1) is 11.3. The van der Waals surface area contributed by atoms with E-state index in [0.29, 0.717) is 6.42 Å². The lowest BCUT2D eigenvalue weighted by Crippen LogP contribution is -2.49. The Kier molecular flexibility index (Phi) is 13.1. The van der Waals surface area contributed by atoms with Gasteiger partial charge in [0.1, 0.15) is 24.4 Å². The Morgan fingerprint density at radius 3 is 1.92 bits per heavy atom. The third kappa shape index (κ3) is 9.54. The van der Waals surface area contributed by atoms with E-state index in [0.717, 1.165) is 19.3 Å². The third-order valence-electron chi connectivity index (χ3n) is 4.21. The summed E-state index contributed by atoms with van der Waals surface area (Å²) in [4.78, 5) is 13.3. The van der Waals surface area contributed by atoms with Gasteiger partial charge in [-0.15, -0.1) is 0 Å². The van der Waals surface area contributed by atoms with Crippen molar-refractivity contribution in [3.63, 3.8) is 0 Å². The molecule has 0 spiro atoms. The second kappa shape index (κ2) is 13.5. The van der Waals surface area contributed by atoms with Crippen molar-refractivity contribution in [2.45, 2.75) is 82.7 Å². The average Bonchev–Trinajstić information content (AvgIpc) is 2.58. The van der Waals surface area contributed by atoms with Crippen molar-refractivity contribution in [3.05, 3.63) is 0 Å². The summed E-state index contributed by atoms with van der Waals surface area (Å²) in [6.45, 7) is 1.30. The number of carbonyl (C=O) groups is 1. The number of likely N-dealkylation sites (N-methyl/N-ethyl adjacent to an activating group) is 1. The van der Waals surface area contributed by atoms with Gasteiger partial charge < -0.3 is 30.4 Å². The fourth-order valence-corrected chi connectivity index (χ4v) is 2.48. The number of aliphatic hydroxyl groups excluding tert-OH is 5. The topological polar surface area (TPSA) is 121 Å². The lowest BCUT2D eigenvalue weighted by atomic mass is 10.0. The monoisotopic (exact) mass is 349 g/mol. The number of hydrogen-bond acceptors (Lipinski definition) is 6. The Bertz CT molecular complexity index is 328. The molecule has 0 bridgehead atoms. The summed E-state index contributed by atoms with van der Waals surface area (Å²) in [7, 11) is 1.52. The first-order valence-electron chi connectivity index (χ1n) is 8.92. The van der Waals surface area contributed by atoms with E-state index in [1.54, 1.807) is 0 Å². The minimum Gasteiger partial charge on any atom is -0.394 e. The van der Waals surface area contributed by atoms with Crippen LogP contribution in [-0.2, 0) is 4.79 Å². The summed E-state index contributed by atoms with van der Waals surface area (Å²) in [5.41, 5.74) is 0. The van der Waals surface area contributed by atoms with Crippen molar-refractivity contribution in [2.24, 2.45) is 0 Å². The van der Waals surface area contributed by atoms with Crippen molar-refractivity contribution >= 4 is 5.91 Å². The van der Waals surface area contributed by atoms with E-state index in [-0.39, 0.29) is 12.5 Å². The number of nitrogens with zero attached hydrogens (tertiary/aromatic N) is 1. The predicted octanol–water partition coefficient (Wildman–Crippen LogP) is 0.0214. The van der Waals surface area contributed by atoms with Gasteiger partial charge in [-0.3, -0.25) is 4.79 Å². The van der Waals surface area contributed by atoms with Crippen LogP contribution in [0.15, 0.2) is 0 Å². The molecule has 0 radical (unpaired) electrons.